The van der Waals surface area contributed by atoms with Crippen molar-refractivity contribution >= 4 is 22.2 Å². The van der Waals surface area contributed by atoms with Crippen molar-refractivity contribution < 1.29 is 0 Å². The molecule has 4 aromatic rings. The van der Waals surface area contributed by atoms with Gasteiger partial charge in [-0.3, -0.25) is 0 Å². The van der Waals surface area contributed by atoms with Gasteiger partial charge in [0.2, 0.25) is 0 Å². The average molecular weight is 305 g/mol. The highest BCUT2D eigenvalue weighted by atomic mass is 15.1. The normalized spacial score (nSPS) is 11.9. The van der Waals surface area contributed by atoms with Crippen LogP contribution in [0.15, 0.2) is 30.6 Å². The minimum absolute atomic E-state index is 0.351. The number of fused-ring (bicyclic) bond motifs is 2. The number of nitrogens with one attached hydrogen (secondary N) is 1. The summed E-state index contributed by atoms with van der Waals surface area (Å²) in [4.78, 5) is 16.9. The Morgan fingerprint density at radius 2 is 1.96 bits per heavy atom. The van der Waals surface area contributed by atoms with E-state index in [2.05, 4.69) is 50.5 Å². The maximum Gasteiger partial charge on any atom is 0.177 e. The van der Waals surface area contributed by atoms with Crippen molar-refractivity contribution in [3.05, 3.63) is 42.1 Å². The van der Waals surface area contributed by atoms with Crippen LogP contribution in [0.5, 0.6) is 0 Å². The van der Waals surface area contributed by atoms with E-state index in [0.29, 0.717) is 6.04 Å². The molecule has 1 N–H and O–H groups in total. The van der Waals surface area contributed by atoms with Crippen molar-refractivity contribution in [3.8, 4) is 11.1 Å². The van der Waals surface area contributed by atoms with E-state index >= 15 is 0 Å². The Bertz CT molecular complexity index is 1020. The van der Waals surface area contributed by atoms with E-state index in [-0.39, 0.29) is 0 Å². The molecule has 4 rings (SSSR count). The van der Waals surface area contributed by atoms with Crippen LogP contribution in [0.3, 0.4) is 0 Å². The lowest BCUT2D eigenvalue weighted by atomic mass is 10.1. The highest BCUT2D eigenvalue weighted by Gasteiger charge is 2.14. The summed E-state index contributed by atoms with van der Waals surface area (Å²) in [5.74, 6) is 0.996. The molecule has 5 heteroatoms. The Hall–Kier alpha value is -2.69. The van der Waals surface area contributed by atoms with Crippen LogP contribution in [0.4, 0.5) is 0 Å². The van der Waals surface area contributed by atoms with Gasteiger partial charge in [0.1, 0.15) is 11.5 Å². The molecule has 0 unspecified atom stereocenters. The Morgan fingerprint density at radius 3 is 2.74 bits per heavy atom. The van der Waals surface area contributed by atoms with Gasteiger partial charge in [0.25, 0.3) is 0 Å². The van der Waals surface area contributed by atoms with Crippen LogP contribution in [0, 0.1) is 13.8 Å². The summed E-state index contributed by atoms with van der Waals surface area (Å²) in [6.45, 7) is 8.36. The SMILES string of the molecule is Cc1ccc2c(-c3cnc4nc(C)n(C(C)C)c4c3)c[nH]c2n1. The summed E-state index contributed by atoms with van der Waals surface area (Å²) in [7, 11) is 0. The fraction of sp³-hybridized carbons (Fsp3) is 0.278. The highest BCUT2D eigenvalue weighted by Crippen LogP contribution is 2.30. The molecule has 0 spiro atoms. The molecule has 0 aliphatic carbocycles. The molecule has 0 bridgehead atoms. The number of nitrogens with zero attached hydrogens (tertiary/aromatic N) is 4. The molecule has 0 aromatic carbocycles. The number of aryl methyl sites for hydroxylation is 2. The molecule has 23 heavy (non-hydrogen) atoms. The quantitative estimate of drug-likeness (QED) is 0.604. The lowest BCUT2D eigenvalue weighted by Crippen LogP contribution is -2.02. The lowest BCUT2D eigenvalue weighted by molar-refractivity contribution is 0.600. The van der Waals surface area contributed by atoms with Gasteiger partial charge in [0.05, 0.1) is 5.52 Å². The number of hydrogen-bond donors (Lipinski definition) is 1. The van der Waals surface area contributed by atoms with E-state index < -0.39 is 0 Å². The van der Waals surface area contributed by atoms with Gasteiger partial charge in [-0.05, 0) is 45.9 Å². The first kappa shape index (κ1) is 13.9. The van der Waals surface area contributed by atoms with Gasteiger partial charge in [-0.2, -0.15) is 0 Å². The fourth-order valence-corrected chi connectivity index (χ4v) is 3.23. The molecule has 0 fully saturated rings. The summed E-state index contributed by atoms with van der Waals surface area (Å²) in [5, 5.41) is 1.11. The van der Waals surface area contributed by atoms with Crippen LogP contribution in [0.2, 0.25) is 0 Å². The highest BCUT2D eigenvalue weighted by molar-refractivity contribution is 5.95. The Labute approximate surface area is 134 Å². The number of aromatic nitrogens is 5. The molecule has 0 aliphatic rings. The Morgan fingerprint density at radius 1 is 1.13 bits per heavy atom. The van der Waals surface area contributed by atoms with Gasteiger partial charge < -0.3 is 9.55 Å². The number of imidazole rings is 1. The molecule has 0 saturated heterocycles. The third kappa shape index (κ3) is 2.11. The number of hydrogen-bond acceptors (Lipinski definition) is 3. The molecule has 0 radical (unpaired) electrons. The molecule has 4 heterocycles. The van der Waals surface area contributed by atoms with E-state index in [1.54, 1.807) is 0 Å². The third-order valence-corrected chi connectivity index (χ3v) is 4.23. The fourth-order valence-electron chi connectivity index (χ4n) is 3.23. The Balaban J connectivity index is 1.96. The minimum Gasteiger partial charge on any atom is -0.346 e. The van der Waals surface area contributed by atoms with Crippen molar-refractivity contribution in [2.45, 2.75) is 33.7 Å². The summed E-state index contributed by atoms with van der Waals surface area (Å²) in [6, 6.07) is 6.67. The zero-order chi connectivity index (χ0) is 16.1. The maximum atomic E-state index is 4.56. The van der Waals surface area contributed by atoms with Crippen molar-refractivity contribution in [1.29, 1.82) is 0 Å². The van der Waals surface area contributed by atoms with Gasteiger partial charge in [0.15, 0.2) is 5.65 Å². The molecule has 0 amide bonds. The second-order valence-electron chi connectivity index (χ2n) is 6.24. The van der Waals surface area contributed by atoms with E-state index in [1.165, 1.54) is 0 Å². The van der Waals surface area contributed by atoms with E-state index in [0.717, 1.165) is 44.8 Å². The molecule has 5 nitrogen and oxygen atoms in total. The monoisotopic (exact) mass is 305 g/mol. The molecular formula is C18H19N5. The summed E-state index contributed by atoms with van der Waals surface area (Å²) in [5.41, 5.74) is 5.99. The second-order valence-corrected chi connectivity index (χ2v) is 6.24. The van der Waals surface area contributed by atoms with Crippen LogP contribution < -0.4 is 0 Å². The lowest BCUT2D eigenvalue weighted by Gasteiger charge is -2.10. The number of pyridine rings is 2. The molecule has 0 atom stereocenters. The molecular weight excluding hydrogens is 286 g/mol. The topological polar surface area (TPSA) is 59.4 Å². The molecule has 0 saturated carbocycles. The van der Waals surface area contributed by atoms with Crippen LogP contribution in [0.25, 0.3) is 33.3 Å². The maximum absolute atomic E-state index is 4.56. The van der Waals surface area contributed by atoms with Crippen LogP contribution >= 0.6 is 0 Å². The van der Waals surface area contributed by atoms with Gasteiger partial charge in [0, 0.05) is 40.6 Å². The van der Waals surface area contributed by atoms with Crippen LogP contribution in [-0.2, 0) is 0 Å². The summed E-state index contributed by atoms with van der Waals surface area (Å²) in [6.07, 6.45) is 3.89. The predicted octanol–water partition coefficient (Wildman–Crippen LogP) is 4.17. The van der Waals surface area contributed by atoms with Gasteiger partial charge in [-0.15, -0.1) is 0 Å². The molecule has 0 aliphatic heterocycles. The largest absolute Gasteiger partial charge is 0.346 e. The molecule has 4 aromatic heterocycles. The first-order valence-electron chi connectivity index (χ1n) is 7.84. The van der Waals surface area contributed by atoms with Crippen molar-refractivity contribution in [2.24, 2.45) is 0 Å². The van der Waals surface area contributed by atoms with Crippen molar-refractivity contribution in [3.63, 3.8) is 0 Å². The van der Waals surface area contributed by atoms with Gasteiger partial charge >= 0.3 is 0 Å². The minimum atomic E-state index is 0.351. The summed E-state index contributed by atoms with van der Waals surface area (Å²) >= 11 is 0. The number of H-pyrrole nitrogens is 1. The first-order chi connectivity index (χ1) is 11.0. The third-order valence-electron chi connectivity index (χ3n) is 4.23. The van der Waals surface area contributed by atoms with Gasteiger partial charge in [-0.1, -0.05) is 0 Å². The van der Waals surface area contributed by atoms with Crippen LogP contribution in [0.1, 0.15) is 31.4 Å². The first-order valence-corrected chi connectivity index (χ1v) is 7.84. The van der Waals surface area contributed by atoms with Gasteiger partial charge in [-0.25, -0.2) is 15.0 Å². The smallest absolute Gasteiger partial charge is 0.177 e. The number of rotatable bonds is 2. The number of aromatic amines is 1. The van der Waals surface area contributed by atoms with E-state index in [4.69, 9.17) is 0 Å². The summed E-state index contributed by atoms with van der Waals surface area (Å²) < 4.78 is 2.23. The predicted molar refractivity (Wildman–Crippen MR) is 92.5 cm³/mol. The average Bonchev–Trinajstić information content (AvgIpc) is 3.05. The zero-order valence-corrected chi connectivity index (χ0v) is 13.8. The van der Waals surface area contributed by atoms with Crippen molar-refractivity contribution in [1.82, 2.24) is 24.5 Å². The van der Waals surface area contributed by atoms with E-state index in [1.807, 2.05) is 32.3 Å². The van der Waals surface area contributed by atoms with E-state index in [9.17, 15) is 0 Å². The van der Waals surface area contributed by atoms with Crippen LogP contribution in [-0.4, -0.2) is 24.5 Å². The van der Waals surface area contributed by atoms with Crippen molar-refractivity contribution in [2.75, 3.05) is 0 Å². The zero-order valence-electron chi connectivity index (χ0n) is 13.8. The Kier molecular flexibility index (Phi) is 2.98. The molecule has 116 valence electrons. The standard InChI is InChI=1S/C18H19N5/c1-10(2)23-12(4)22-18-16(23)7-13(8-19-18)15-9-20-17-14(15)6-5-11(3)21-17/h5-10H,1-4H3,(H,20,21). The second kappa shape index (κ2) is 4.91.